The molecule has 4 nitrogen and oxygen atoms in total. The predicted molar refractivity (Wildman–Crippen MR) is 65.8 cm³/mol. The lowest BCUT2D eigenvalue weighted by atomic mass is 10.1. The summed E-state index contributed by atoms with van der Waals surface area (Å²) in [6.45, 7) is 0.0873. The van der Waals surface area contributed by atoms with E-state index in [9.17, 15) is 14.3 Å². The molecule has 0 aliphatic rings. The molecule has 19 heavy (non-hydrogen) atoms. The van der Waals surface area contributed by atoms with E-state index in [0.717, 1.165) is 6.07 Å². The van der Waals surface area contributed by atoms with Crippen LogP contribution in [0.15, 0.2) is 42.5 Å². The lowest BCUT2D eigenvalue weighted by Crippen LogP contribution is -2.03. The molecule has 2 aromatic carbocycles. The maximum Gasteiger partial charge on any atom is 0.338 e. The highest BCUT2D eigenvalue weighted by Crippen LogP contribution is 2.19. The van der Waals surface area contributed by atoms with Gasteiger partial charge in [-0.3, -0.25) is 0 Å². The molecule has 0 fully saturated rings. The first-order valence-corrected chi connectivity index (χ1v) is 5.50. The molecule has 0 unspecified atom stereocenters. The van der Waals surface area contributed by atoms with Crippen LogP contribution in [-0.2, 0) is 6.61 Å². The van der Waals surface area contributed by atoms with E-state index in [4.69, 9.17) is 9.84 Å². The first kappa shape index (κ1) is 12.9. The Hall–Kier alpha value is -2.56. The molecule has 0 amide bonds. The number of aromatic hydroxyl groups is 1. The topological polar surface area (TPSA) is 66.8 Å². The maximum atomic E-state index is 13.2. The van der Waals surface area contributed by atoms with Gasteiger partial charge in [0, 0.05) is 6.07 Å². The Balaban J connectivity index is 2.12. The summed E-state index contributed by atoms with van der Waals surface area (Å²) in [5.41, 5.74) is 0.138. The highest BCUT2D eigenvalue weighted by atomic mass is 19.1. The number of rotatable bonds is 4. The first-order chi connectivity index (χ1) is 9.06. The highest BCUT2D eigenvalue weighted by Gasteiger charge is 2.10. The number of benzene rings is 2. The number of carboxylic acids is 1. The third-order valence-electron chi connectivity index (χ3n) is 2.48. The Morgan fingerprint density at radius 3 is 2.68 bits per heavy atom. The number of halogens is 1. The highest BCUT2D eigenvalue weighted by molar-refractivity contribution is 5.88. The van der Waals surface area contributed by atoms with Crippen LogP contribution in [0.5, 0.6) is 11.5 Å². The number of aromatic carboxylic acids is 1. The summed E-state index contributed by atoms with van der Waals surface area (Å²) in [7, 11) is 0. The van der Waals surface area contributed by atoms with E-state index in [1.807, 2.05) is 0 Å². The van der Waals surface area contributed by atoms with E-state index in [1.165, 1.54) is 24.3 Å². The summed E-state index contributed by atoms with van der Waals surface area (Å²) >= 11 is 0. The zero-order valence-electron chi connectivity index (χ0n) is 9.84. The van der Waals surface area contributed by atoms with Gasteiger partial charge in [0.15, 0.2) is 0 Å². The fraction of sp³-hybridized carbons (Fsp3) is 0.0714. The molecule has 0 atom stereocenters. The molecular weight excluding hydrogens is 251 g/mol. The predicted octanol–water partition coefficient (Wildman–Crippen LogP) is 2.81. The minimum atomic E-state index is -1.32. The van der Waals surface area contributed by atoms with Gasteiger partial charge in [-0.1, -0.05) is 12.1 Å². The summed E-state index contributed by atoms with van der Waals surface area (Å²) in [6.07, 6.45) is 0. The fourth-order valence-corrected chi connectivity index (χ4v) is 1.57. The molecule has 0 aromatic heterocycles. The number of hydrogen-bond acceptors (Lipinski definition) is 3. The first-order valence-electron chi connectivity index (χ1n) is 5.50. The minimum Gasteiger partial charge on any atom is -0.508 e. The Kier molecular flexibility index (Phi) is 3.66. The van der Waals surface area contributed by atoms with E-state index in [1.54, 1.807) is 12.1 Å². The van der Waals surface area contributed by atoms with Gasteiger partial charge in [0.1, 0.15) is 23.9 Å². The number of carboxylic acid groups (broad SMARTS) is 1. The largest absolute Gasteiger partial charge is 0.508 e. The Bertz CT molecular complexity index is 610. The minimum absolute atomic E-state index is 0.0721. The van der Waals surface area contributed by atoms with Crippen molar-refractivity contribution in [2.45, 2.75) is 6.61 Å². The SMILES string of the molecule is O=C(O)c1cc(COc2cccc(O)c2)ccc1F. The van der Waals surface area contributed by atoms with Gasteiger partial charge >= 0.3 is 5.97 Å². The van der Waals surface area contributed by atoms with Crippen molar-refractivity contribution in [3.8, 4) is 11.5 Å². The van der Waals surface area contributed by atoms with Crippen LogP contribution in [0, 0.1) is 5.82 Å². The Morgan fingerprint density at radius 2 is 2.00 bits per heavy atom. The molecule has 0 spiro atoms. The number of hydrogen-bond donors (Lipinski definition) is 2. The number of carbonyl (C=O) groups is 1. The molecule has 0 heterocycles. The van der Waals surface area contributed by atoms with Crippen molar-refractivity contribution in [2.75, 3.05) is 0 Å². The summed E-state index contributed by atoms with van der Waals surface area (Å²) in [4.78, 5) is 10.8. The lowest BCUT2D eigenvalue weighted by Gasteiger charge is -2.07. The van der Waals surface area contributed by atoms with Crippen molar-refractivity contribution in [1.82, 2.24) is 0 Å². The third kappa shape index (κ3) is 3.22. The van der Waals surface area contributed by atoms with E-state index in [-0.39, 0.29) is 12.4 Å². The van der Waals surface area contributed by atoms with Gasteiger partial charge in [-0.15, -0.1) is 0 Å². The molecule has 2 N–H and O–H groups in total. The van der Waals surface area contributed by atoms with Crippen LogP contribution in [0.3, 0.4) is 0 Å². The van der Waals surface area contributed by atoms with Crippen LogP contribution in [0.4, 0.5) is 4.39 Å². The molecule has 0 aliphatic heterocycles. The van der Waals surface area contributed by atoms with Crippen molar-refractivity contribution < 1.29 is 24.1 Å². The van der Waals surface area contributed by atoms with Crippen LogP contribution in [0.1, 0.15) is 15.9 Å². The van der Waals surface area contributed by atoms with Gasteiger partial charge in [0.05, 0.1) is 5.56 Å². The summed E-state index contributed by atoms with van der Waals surface area (Å²) < 4.78 is 18.6. The Morgan fingerprint density at radius 1 is 1.21 bits per heavy atom. The van der Waals surface area contributed by atoms with Crippen LogP contribution in [0.25, 0.3) is 0 Å². The van der Waals surface area contributed by atoms with E-state index >= 15 is 0 Å². The average molecular weight is 262 g/mol. The lowest BCUT2D eigenvalue weighted by molar-refractivity contribution is 0.0691. The van der Waals surface area contributed by atoms with Crippen molar-refractivity contribution >= 4 is 5.97 Å². The molecule has 2 aromatic rings. The fourth-order valence-electron chi connectivity index (χ4n) is 1.57. The maximum absolute atomic E-state index is 13.2. The second-order valence-electron chi connectivity index (χ2n) is 3.91. The zero-order valence-corrected chi connectivity index (χ0v) is 9.84. The molecule has 0 radical (unpaired) electrons. The van der Waals surface area contributed by atoms with Crippen molar-refractivity contribution in [2.24, 2.45) is 0 Å². The Labute approximate surface area is 108 Å². The molecule has 0 bridgehead atoms. The van der Waals surface area contributed by atoms with Gasteiger partial charge in [-0.25, -0.2) is 9.18 Å². The summed E-state index contributed by atoms with van der Waals surface area (Å²) in [5, 5.41) is 18.1. The molecule has 0 saturated heterocycles. The number of ether oxygens (including phenoxy) is 1. The summed E-state index contributed by atoms with van der Waals surface area (Å²) in [6, 6.07) is 9.98. The van der Waals surface area contributed by atoms with Gasteiger partial charge in [0.2, 0.25) is 0 Å². The molecule has 98 valence electrons. The van der Waals surface area contributed by atoms with Crippen LogP contribution in [-0.4, -0.2) is 16.2 Å². The number of phenols is 1. The van der Waals surface area contributed by atoms with Gasteiger partial charge < -0.3 is 14.9 Å². The van der Waals surface area contributed by atoms with E-state index in [0.29, 0.717) is 11.3 Å². The smallest absolute Gasteiger partial charge is 0.338 e. The molecule has 0 saturated carbocycles. The van der Waals surface area contributed by atoms with Crippen LogP contribution in [0.2, 0.25) is 0 Å². The average Bonchev–Trinajstić information content (AvgIpc) is 2.37. The van der Waals surface area contributed by atoms with Crippen LogP contribution >= 0.6 is 0 Å². The van der Waals surface area contributed by atoms with Gasteiger partial charge in [-0.2, -0.15) is 0 Å². The standard InChI is InChI=1S/C14H11FO4/c15-13-5-4-9(6-12(13)14(17)18)8-19-11-3-1-2-10(16)7-11/h1-7,16H,8H2,(H,17,18). The van der Waals surface area contributed by atoms with Gasteiger partial charge in [0.25, 0.3) is 0 Å². The van der Waals surface area contributed by atoms with Crippen molar-refractivity contribution in [3.63, 3.8) is 0 Å². The zero-order chi connectivity index (χ0) is 13.8. The molecule has 5 heteroatoms. The van der Waals surface area contributed by atoms with Crippen LogP contribution < -0.4 is 4.74 Å². The van der Waals surface area contributed by atoms with Gasteiger partial charge in [-0.05, 0) is 29.8 Å². The summed E-state index contributed by atoms with van der Waals surface area (Å²) in [5.74, 6) is -1.59. The third-order valence-corrected chi connectivity index (χ3v) is 2.48. The van der Waals surface area contributed by atoms with Crippen molar-refractivity contribution in [3.05, 3.63) is 59.4 Å². The monoisotopic (exact) mass is 262 g/mol. The quantitative estimate of drug-likeness (QED) is 0.889. The molecular formula is C14H11FO4. The van der Waals surface area contributed by atoms with E-state index < -0.39 is 17.3 Å². The second kappa shape index (κ2) is 5.39. The normalized spacial score (nSPS) is 10.2. The van der Waals surface area contributed by atoms with Crippen molar-refractivity contribution in [1.29, 1.82) is 0 Å². The molecule has 0 aliphatic carbocycles. The van der Waals surface area contributed by atoms with E-state index in [2.05, 4.69) is 0 Å². The molecule has 2 rings (SSSR count). The second-order valence-corrected chi connectivity index (χ2v) is 3.91. The number of phenolic OH excluding ortho intramolecular Hbond substituents is 1.